The molecule has 3 heteroatoms. The van der Waals surface area contributed by atoms with E-state index in [2.05, 4.69) is 17.9 Å². The van der Waals surface area contributed by atoms with Gasteiger partial charge < -0.3 is 4.74 Å². The third-order valence-corrected chi connectivity index (χ3v) is 2.09. The molecule has 0 aliphatic carbocycles. The molecule has 0 N–H and O–H groups in total. The van der Waals surface area contributed by atoms with E-state index in [1.165, 1.54) is 0 Å². The summed E-state index contributed by atoms with van der Waals surface area (Å²) in [6.45, 7) is 6.02. The van der Waals surface area contributed by atoms with Gasteiger partial charge in [0.2, 0.25) is 0 Å². The van der Waals surface area contributed by atoms with Crippen molar-refractivity contribution in [1.82, 2.24) is 4.90 Å². The maximum Gasteiger partial charge on any atom is 0.0674 e. The lowest BCUT2D eigenvalue weighted by Gasteiger charge is -2.30. The number of ether oxygens (including phenoxy) is 1. The van der Waals surface area contributed by atoms with Crippen molar-refractivity contribution in [3.8, 4) is 6.07 Å². The minimum absolute atomic E-state index is 0.362. The van der Waals surface area contributed by atoms with Crippen molar-refractivity contribution >= 4 is 0 Å². The Morgan fingerprint density at radius 3 is 3.17 bits per heavy atom. The van der Waals surface area contributed by atoms with Crippen molar-refractivity contribution in [3.05, 3.63) is 0 Å². The van der Waals surface area contributed by atoms with Gasteiger partial charge in [0, 0.05) is 19.5 Å². The molecule has 1 atom stereocenters. The molecular weight excluding hydrogens is 152 g/mol. The van der Waals surface area contributed by atoms with Gasteiger partial charge in [-0.1, -0.05) is 0 Å². The predicted molar refractivity (Wildman–Crippen MR) is 46.7 cm³/mol. The lowest BCUT2D eigenvalue weighted by molar-refractivity contribution is -0.0183. The van der Waals surface area contributed by atoms with Crippen LogP contribution < -0.4 is 0 Å². The van der Waals surface area contributed by atoms with Gasteiger partial charge in [-0.05, 0) is 19.9 Å². The smallest absolute Gasteiger partial charge is 0.0674 e. The number of hydrogen-bond acceptors (Lipinski definition) is 3. The van der Waals surface area contributed by atoms with Crippen LogP contribution in [0, 0.1) is 11.3 Å². The highest BCUT2D eigenvalue weighted by Gasteiger charge is 2.15. The first-order chi connectivity index (χ1) is 5.83. The Kier molecular flexibility index (Phi) is 4.06. The zero-order chi connectivity index (χ0) is 8.81. The number of nitriles is 1. The van der Waals surface area contributed by atoms with Gasteiger partial charge in [0.25, 0.3) is 0 Å². The van der Waals surface area contributed by atoms with Crippen molar-refractivity contribution in [2.24, 2.45) is 0 Å². The van der Waals surface area contributed by atoms with Crippen molar-refractivity contribution in [2.75, 3.05) is 26.2 Å². The highest BCUT2D eigenvalue weighted by atomic mass is 16.5. The summed E-state index contributed by atoms with van der Waals surface area (Å²) in [6.07, 6.45) is 2.02. The maximum atomic E-state index is 8.35. The summed E-state index contributed by atoms with van der Waals surface area (Å²) >= 11 is 0. The van der Waals surface area contributed by atoms with Crippen molar-refractivity contribution in [3.63, 3.8) is 0 Å². The third kappa shape index (κ3) is 3.21. The van der Waals surface area contributed by atoms with E-state index < -0.39 is 0 Å². The molecule has 0 radical (unpaired) electrons. The van der Waals surface area contributed by atoms with Crippen LogP contribution in [0.4, 0.5) is 0 Å². The fourth-order valence-electron chi connectivity index (χ4n) is 1.48. The van der Waals surface area contributed by atoms with Gasteiger partial charge in [-0.25, -0.2) is 0 Å². The Bertz CT molecular complexity index is 164. The van der Waals surface area contributed by atoms with Crippen LogP contribution in [-0.4, -0.2) is 37.2 Å². The predicted octanol–water partition coefficient (Wildman–Crippen LogP) is 1.01. The fourth-order valence-corrected chi connectivity index (χ4v) is 1.48. The molecule has 1 aliphatic heterocycles. The van der Waals surface area contributed by atoms with Crippen LogP contribution in [0.3, 0.4) is 0 Å². The number of rotatable bonds is 3. The van der Waals surface area contributed by atoms with E-state index in [-0.39, 0.29) is 0 Å². The van der Waals surface area contributed by atoms with Crippen LogP contribution in [0.2, 0.25) is 0 Å². The van der Waals surface area contributed by atoms with Gasteiger partial charge in [0.05, 0.1) is 18.8 Å². The SMILES string of the molecule is C[C@H]1CN(CCCC#N)CCO1. The lowest BCUT2D eigenvalue weighted by atomic mass is 10.2. The Hall–Kier alpha value is -0.590. The number of unbranched alkanes of at least 4 members (excludes halogenated alkanes) is 1. The average Bonchev–Trinajstić information content (AvgIpc) is 2.05. The van der Waals surface area contributed by atoms with Gasteiger partial charge in [-0.3, -0.25) is 4.90 Å². The second-order valence-corrected chi connectivity index (χ2v) is 3.24. The summed E-state index contributed by atoms with van der Waals surface area (Å²) in [5.41, 5.74) is 0. The van der Waals surface area contributed by atoms with Crippen LogP contribution >= 0.6 is 0 Å². The molecule has 1 aliphatic rings. The van der Waals surface area contributed by atoms with E-state index in [0.29, 0.717) is 12.5 Å². The quantitative estimate of drug-likeness (QED) is 0.590. The van der Waals surface area contributed by atoms with Gasteiger partial charge in [-0.2, -0.15) is 5.26 Å². The van der Waals surface area contributed by atoms with E-state index in [0.717, 1.165) is 32.7 Å². The minimum Gasteiger partial charge on any atom is -0.376 e. The zero-order valence-electron chi connectivity index (χ0n) is 7.62. The van der Waals surface area contributed by atoms with Crippen molar-refractivity contribution in [1.29, 1.82) is 5.26 Å². The third-order valence-electron chi connectivity index (χ3n) is 2.09. The molecule has 0 spiro atoms. The van der Waals surface area contributed by atoms with E-state index >= 15 is 0 Å². The molecule has 0 bridgehead atoms. The van der Waals surface area contributed by atoms with E-state index in [9.17, 15) is 0 Å². The zero-order valence-corrected chi connectivity index (χ0v) is 7.62. The molecule has 3 nitrogen and oxygen atoms in total. The van der Waals surface area contributed by atoms with Crippen molar-refractivity contribution in [2.45, 2.75) is 25.9 Å². The molecule has 0 saturated carbocycles. The highest BCUT2D eigenvalue weighted by molar-refractivity contribution is 4.72. The molecule has 1 rings (SSSR count). The maximum absolute atomic E-state index is 8.35. The van der Waals surface area contributed by atoms with Gasteiger partial charge in [0.15, 0.2) is 0 Å². The van der Waals surface area contributed by atoms with Gasteiger partial charge in [-0.15, -0.1) is 0 Å². The standard InChI is InChI=1S/C9H16N2O/c1-9-8-11(6-7-12-9)5-3-2-4-10/h9H,2-3,5-8H2,1H3/t9-/m0/s1. The Labute approximate surface area is 73.9 Å². The number of hydrogen-bond donors (Lipinski definition) is 0. The first-order valence-corrected chi connectivity index (χ1v) is 4.54. The molecule has 1 fully saturated rings. The largest absolute Gasteiger partial charge is 0.376 e. The molecule has 0 aromatic heterocycles. The fraction of sp³-hybridized carbons (Fsp3) is 0.889. The summed E-state index contributed by atoms with van der Waals surface area (Å²) in [7, 11) is 0. The summed E-state index contributed by atoms with van der Waals surface area (Å²) in [6, 6.07) is 2.16. The molecule has 12 heavy (non-hydrogen) atoms. The molecule has 0 amide bonds. The number of morpholine rings is 1. The second kappa shape index (κ2) is 5.13. The summed E-state index contributed by atoms with van der Waals surface area (Å²) < 4.78 is 5.41. The average molecular weight is 168 g/mol. The number of nitrogens with zero attached hydrogens (tertiary/aromatic N) is 2. The molecule has 1 saturated heterocycles. The molecule has 0 aromatic carbocycles. The Balaban J connectivity index is 2.11. The summed E-state index contributed by atoms with van der Waals surface area (Å²) in [5.74, 6) is 0. The second-order valence-electron chi connectivity index (χ2n) is 3.24. The minimum atomic E-state index is 0.362. The van der Waals surface area contributed by atoms with Crippen LogP contribution in [-0.2, 0) is 4.74 Å². The van der Waals surface area contributed by atoms with Crippen LogP contribution in [0.1, 0.15) is 19.8 Å². The Morgan fingerprint density at radius 2 is 2.50 bits per heavy atom. The van der Waals surface area contributed by atoms with Crippen LogP contribution in [0.5, 0.6) is 0 Å². The molecular formula is C9H16N2O. The first kappa shape index (κ1) is 9.50. The van der Waals surface area contributed by atoms with Gasteiger partial charge in [0.1, 0.15) is 0 Å². The molecule has 0 unspecified atom stereocenters. The molecule has 0 aromatic rings. The summed E-state index contributed by atoms with van der Waals surface area (Å²) in [4.78, 5) is 2.37. The molecule has 68 valence electrons. The first-order valence-electron chi connectivity index (χ1n) is 4.54. The van der Waals surface area contributed by atoms with Gasteiger partial charge >= 0.3 is 0 Å². The Morgan fingerprint density at radius 1 is 1.67 bits per heavy atom. The summed E-state index contributed by atoms with van der Waals surface area (Å²) in [5, 5.41) is 8.35. The van der Waals surface area contributed by atoms with Crippen LogP contribution in [0.25, 0.3) is 0 Å². The normalized spacial score (nSPS) is 25.2. The highest BCUT2D eigenvalue weighted by Crippen LogP contribution is 2.05. The molecule has 1 heterocycles. The van der Waals surface area contributed by atoms with Crippen LogP contribution in [0.15, 0.2) is 0 Å². The lowest BCUT2D eigenvalue weighted by Crippen LogP contribution is -2.41. The monoisotopic (exact) mass is 168 g/mol. The van der Waals surface area contributed by atoms with E-state index in [1.54, 1.807) is 0 Å². The van der Waals surface area contributed by atoms with E-state index in [1.807, 2.05) is 0 Å². The van der Waals surface area contributed by atoms with Crippen molar-refractivity contribution < 1.29 is 4.74 Å². The topological polar surface area (TPSA) is 36.3 Å². The van der Waals surface area contributed by atoms with E-state index in [4.69, 9.17) is 10.00 Å².